The van der Waals surface area contributed by atoms with E-state index in [4.69, 9.17) is 0 Å². The number of carbonyl (C=O) groups is 1. The number of hydrogen-bond acceptors (Lipinski definition) is 2. The summed E-state index contributed by atoms with van der Waals surface area (Å²) in [6.45, 7) is 2.59. The van der Waals surface area contributed by atoms with E-state index in [1.54, 1.807) is 0 Å². The highest BCUT2D eigenvalue weighted by Crippen LogP contribution is 2.27. The number of carbonyl (C=O) groups excluding carboxylic acids is 1. The molecule has 3 heteroatoms. The van der Waals surface area contributed by atoms with E-state index >= 15 is 0 Å². The minimum absolute atomic E-state index is 0.0530. The molecule has 0 aliphatic heterocycles. The van der Waals surface area contributed by atoms with Crippen LogP contribution in [-0.2, 0) is 6.54 Å². The number of benzene rings is 3. The van der Waals surface area contributed by atoms with Crippen LogP contribution in [0.2, 0.25) is 0 Å². The van der Waals surface area contributed by atoms with Crippen LogP contribution in [0.5, 0.6) is 0 Å². The largest absolute Gasteiger partial charge is 0.393 e. The second-order valence-corrected chi connectivity index (χ2v) is 7.10. The number of aliphatic hydroxyl groups is 1. The van der Waals surface area contributed by atoms with Gasteiger partial charge in [0.05, 0.1) is 6.10 Å². The van der Waals surface area contributed by atoms with Gasteiger partial charge >= 0.3 is 0 Å². The number of aliphatic hydroxyl groups excluding tert-OH is 1. The monoisotopic (exact) mass is 363 g/mol. The second kappa shape index (κ2) is 7.37. The first-order chi connectivity index (χ1) is 13.1. The average Bonchev–Trinajstić information content (AvgIpc) is 3.06. The molecule has 0 saturated heterocycles. The maximum Gasteiger partial charge on any atom is 0.195 e. The Bertz CT molecular complexity index is 1100. The van der Waals surface area contributed by atoms with Gasteiger partial charge in [-0.25, -0.2) is 0 Å². The molecule has 1 unspecified atom stereocenters. The molecular weight excluding hydrogens is 340 g/mol. The van der Waals surface area contributed by atoms with Crippen molar-refractivity contribution in [2.45, 2.75) is 32.4 Å². The van der Waals surface area contributed by atoms with Crippen LogP contribution in [0.1, 0.15) is 35.7 Å². The van der Waals surface area contributed by atoms with Crippen LogP contribution < -0.4 is 0 Å². The maximum absolute atomic E-state index is 13.4. The molecule has 0 aliphatic carbocycles. The average molecular weight is 363 g/mol. The molecule has 0 spiro atoms. The Balaban J connectivity index is 1.78. The van der Waals surface area contributed by atoms with Gasteiger partial charge in [-0.15, -0.1) is 0 Å². The quantitative estimate of drug-likeness (QED) is 0.479. The van der Waals surface area contributed by atoms with Crippen LogP contribution in [0.4, 0.5) is 0 Å². The highest BCUT2D eigenvalue weighted by Gasteiger charge is 2.18. The molecule has 0 fully saturated rings. The molecular formula is C24H23NO2. The highest BCUT2D eigenvalue weighted by molar-refractivity contribution is 6.21. The summed E-state index contributed by atoms with van der Waals surface area (Å²) in [6, 6.07) is 21.9. The molecule has 1 atom stereocenters. The number of hydrogen-bond donors (Lipinski definition) is 1. The highest BCUT2D eigenvalue weighted by atomic mass is 16.3. The van der Waals surface area contributed by atoms with Crippen molar-refractivity contribution in [2.24, 2.45) is 0 Å². The summed E-state index contributed by atoms with van der Waals surface area (Å²) >= 11 is 0. The molecule has 0 amide bonds. The van der Waals surface area contributed by atoms with Gasteiger partial charge in [0.2, 0.25) is 0 Å². The van der Waals surface area contributed by atoms with E-state index in [0.717, 1.165) is 52.2 Å². The zero-order valence-electron chi connectivity index (χ0n) is 15.4. The van der Waals surface area contributed by atoms with Gasteiger partial charge < -0.3 is 9.67 Å². The number of rotatable bonds is 6. The van der Waals surface area contributed by atoms with Gasteiger partial charge in [0, 0.05) is 34.8 Å². The Morgan fingerprint density at radius 1 is 0.926 bits per heavy atom. The number of nitrogens with zero attached hydrogens (tertiary/aromatic N) is 1. The van der Waals surface area contributed by atoms with Crippen molar-refractivity contribution >= 4 is 27.5 Å². The number of aromatic nitrogens is 1. The Labute approximate surface area is 158 Å². The Morgan fingerprint density at radius 2 is 1.63 bits per heavy atom. The fourth-order valence-electron chi connectivity index (χ4n) is 3.74. The first-order valence-electron chi connectivity index (χ1n) is 9.43. The molecule has 1 heterocycles. The van der Waals surface area contributed by atoms with E-state index in [-0.39, 0.29) is 11.9 Å². The number of para-hydroxylation sites is 1. The van der Waals surface area contributed by atoms with E-state index in [1.807, 2.05) is 73.8 Å². The van der Waals surface area contributed by atoms with Crippen LogP contribution in [0.15, 0.2) is 72.9 Å². The molecule has 0 aliphatic rings. The first-order valence-corrected chi connectivity index (χ1v) is 9.43. The van der Waals surface area contributed by atoms with Gasteiger partial charge in [0.25, 0.3) is 0 Å². The predicted octanol–water partition coefficient (Wildman–Crippen LogP) is 5.19. The smallest absolute Gasteiger partial charge is 0.195 e. The Morgan fingerprint density at radius 3 is 2.44 bits per heavy atom. The van der Waals surface area contributed by atoms with Crippen LogP contribution in [-0.4, -0.2) is 21.6 Å². The zero-order chi connectivity index (χ0) is 18.8. The summed E-state index contributed by atoms with van der Waals surface area (Å²) in [6.07, 6.45) is 3.29. The summed E-state index contributed by atoms with van der Waals surface area (Å²) < 4.78 is 2.13. The maximum atomic E-state index is 13.4. The fourth-order valence-corrected chi connectivity index (χ4v) is 3.74. The van der Waals surface area contributed by atoms with Crippen molar-refractivity contribution in [3.05, 3.63) is 84.1 Å². The number of aryl methyl sites for hydroxylation is 1. The molecule has 4 rings (SSSR count). The summed E-state index contributed by atoms with van der Waals surface area (Å²) in [4.78, 5) is 13.4. The van der Waals surface area contributed by atoms with Crippen molar-refractivity contribution in [3.8, 4) is 0 Å². The minimum Gasteiger partial charge on any atom is -0.393 e. The fraction of sp³-hybridized carbons (Fsp3) is 0.208. The van der Waals surface area contributed by atoms with Crippen molar-refractivity contribution < 1.29 is 9.90 Å². The van der Waals surface area contributed by atoms with Crippen LogP contribution in [0.25, 0.3) is 21.7 Å². The lowest BCUT2D eigenvalue weighted by atomic mass is 10.00. The molecule has 0 saturated carbocycles. The third-order valence-electron chi connectivity index (χ3n) is 5.09. The topological polar surface area (TPSA) is 42.2 Å². The Hall–Kier alpha value is -2.91. The van der Waals surface area contributed by atoms with Gasteiger partial charge in [-0.1, -0.05) is 60.7 Å². The lowest BCUT2D eigenvalue weighted by Crippen LogP contribution is -2.04. The number of ketones is 1. The first kappa shape index (κ1) is 17.5. The minimum atomic E-state index is -0.302. The van der Waals surface area contributed by atoms with Crippen molar-refractivity contribution in [2.75, 3.05) is 0 Å². The van der Waals surface area contributed by atoms with Crippen LogP contribution >= 0.6 is 0 Å². The molecule has 3 nitrogen and oxygen atoms in total. The van der Waals surface area contributed by atoms with Gasteiger partial charge in [-0.3, -0.25) is 4.79 Å². The van der Waals surface area contributed by atoms with E-state index in [9.17, 15) is 9.90 Å². The molecule has 3 aromatic carbocycles. The third kappa shape index (κ3) is 3.38. The van der Waals surface area contributed by atoms with E-state index in [2.05, 4.69) is 10.6 Å². The second-order valence-electron chi connectivity index (χ2n) is 7.10. The molecule has 0 radical (unpaired) electrons. The standard InChI is InChI=1S/C24H23NO2/c1-17(26)8-7-15-25-16-22(20-12-4-5-14-23(20)25)24(27)21-13-6-10-18-9-2-3-11-19(18)21/h2-6,9-14,16-17,26H,7-8,15H2,1H3/i4+1,5+1,12+1,14+1,20+1,23+1. The van der Waals surface area contributed by atoms with E-state index < -0.39 is 0 Å². The van der Waals surface area contributed by atoms with Crippen molar-refractivity contribution in [1.82, 2.24) is 4.57 Å². The normalized spacial score (nSPS) is 12.5. The van der Waals surface area contributed by atoms with Gasteiger partial charge in [-0.05, 0) is 36.6 Å². The summed E-state index contributed by atoms with van der Waals surface area (Å²) in [5, 5.41) is 12.6. The summed E-state index contributed by atoms with van der Waals surface area (Å²) in [5.41, 5.74) is 2.53. The molecule has 0 bridgehead atoms. The lowest BCUT2D eigenvalue weighted by Gasteiger charge is -2.06. The lowest BCUT2D eigenvalue weighted by molar-refractivity contribution is 0.104. The van der Waals surface area contributed by atoms with Crippen LogP contribution in [0, 0.1) is 0 Å². The SMILES string of the molecule is CC(O)CCCn1cc(C(=O)c2cccc3ccccc23)[13c]2[13cH][13cH][13cH][13cH][13c]21. The van der Waals surface area contributed by atoms with E-state index in [1.165, 1.54) is 0 Å². The molecule has 1 aromatic heterocycles. The van der Waals surface area contributed by atoms with Gasteiger partial charge in [-0.2, -0.15) is 0 Å². The van der Waals surface area contributed by atoms with Crippen molar-refractivity contribution in [3.63, 3.8) is 0 Å². The van der Waals surface area contributed by atoms with Crippen molar-refractivity contribution in [1.29, 1.82) is 0 Å². The molecule has 136 valence electrons. The Kier molecular flexibility index (Phi) is 4.78. The summed E-state index contributed by atoms with van der Waals surface area (Å²) in [5.74, 6) is 0.0530. The van der Waals surface area contributed by atoms with Crippen LogP contribution in [0.3, 0.4) is 0 Å². The van der Waals surface area contributed by atoms with Gasteiger partial charge in [0.1, 0.15) is 0 Å². The third-order valence-corrected chi connectivity index (χ3v) is 5.09. The van der Waals surface area contributed by atoms with E-state index in [0.29, 0.717) is 0 Å². The predicted molar refractivity (Wildman–Crippen MR) is 110 cm³/mol. The van der Waals surface area contributed by atoms with Gasteiger partial charge in [0.15, 0.2) is 5.78 Å². The zero-order valence-corrected chi connectivity index (χ0v) is 15.4. The molecule has 1 N–H and O–H groups in total. The number of fused-ring (bicyclic) bond motifs is 2. The molecule has 4 aromatic rings. The summed E-state index contributed by atoms with van der Waals surface area (Å²) in [7, 11) is 0. The molecule has 27 heavy (non-hydrogen) atoms.